The summed E-state index contributed by atoms with van der Waals surface area (Å²) >= 11 is 0. The lowest BCUT2D eigenvalue weighted by Gasteiger charge is -2.34. The molecule has 0 radical (unpaired) electrons. The van der Waals surface area contributed by atoms with Crippen LogP contribution in [0.1, 0.15) is 13.3 Å². The zero-order chi connectivity index (χ0) is 11.2. The highest BCUT2D eigenvalue weighted by Gasteiger charge is 2.25. The number of nitrogens with zero attached hydrogens (tertiary/aromatic N) is 1. The number of hydrogen-bond acceptors (Lipinski definition) is 3. The van der Waals surface area contributed by atoms with Crippen molar-refractivity contribution < 1.29 is 19.1 Å². The molecular formula is C10H20NO3+. The van der Waals surface area contributed by atoms with Crippen LogP contribution in [0.25, 0.3) is 0 Å². The fourth-order valence-corrected chi connectivity index (χ4v) is 1.02. The molecule has 0 heterocycles. The van der Waals surface area contributed by atoms with E-state index in [1.807, 2.05) is 21.0 Å². The van der Waals surface area contributed by atoms with Gasteiger partial charge in [-0.3, -0.25) is 4.48 Å². The minimum Gasteiger partial charge on any atom is -0.410 e. The number of carbonyl (C=O) groups is 1. The van der Waals surface area contributed by atoms with Crippen LogP contribution in [0.15, 0.2) is 12.7 Å². The van der Waals surface area contributed by atoms with E-state index in [9.17, 15) is 4.79 Å². The molecule has 0 aliphatic carbocycles. The lowest BCUT2D eigenvalue weighted by Crippen LogP contribution is -2.50. The van der Waals surface area contributed by atoms with Crippen LogP contribution in [-0.2, 0) is 9.53 Å². The maximum absolute atomic E-state index is 10.9. The van der Waals surface area contributed by atoms with Crippen LogP contribution < -0.4 is 0 Å². The van der Waals surface area contributed by atoms with Crippen molar-refractivity contribution in [2.24, 2.45) is 0 Å². The molecule has 14 heavy (non-hydrogen) atoms. The fourth-order valence-electron chi connectivity index (χ4n) is 1.02. The quantitative estimate of drug-likeness (QED) is 0.296. The Morgan fingerprint density at radius 2 is 2.21 bits per heavy atom. The summed E-state index contributed by atoms with van der Waals surface area (Å²) in [5, 5.41) is 8.71. The van der Waals surface area contributed by atoms with E-state index in [0.29, 0.717) is 10.9 Å². The number of aliphatic hydroxyl groups excluding tert-OH is 1. The minimum absolute atomic E-state index is 0.157. The standard InChI is InChI=1S/C10H20NO3/c1-5-10(13)14-9(2)11(3,4)7-6-8-12/h5,9,12H,1,6-8H2,2-4H3/q+1. The van der Waals surface area contributed by atoms with Crippen molar-refractivity contribution in [1.29, 1.82) is 0 Å². The predicted molar refractivity (Wildman–Crippen MR) is 54.4 cm³/mol. The van der Waals surface area contributed by atoms with Gasteiger partial charge in [0.2, 0.25) is 6.23 Å². The van der Waals surface area contributed by atoms with E-state index in [4.69, 9.17) is 9.84 Å². The lowest BCUT2D eigenvalue weighted by atomic mass is 10.3. The summed E-state index contributed by atoms with van der Waals surface area (Å²) in [4.78, 5) is 10.9. The van der Waals surface area contributed by atoms with Gasteiger partial charge in [-0.15, -0.1) is 0 Å². The average molecular weight is 202 g/mol. The maximum atomic E-state index is 10.9. The third-order valence-corrected chi connectivity index (χ3v) is 2.33. The van der Waals surface area contributed by atoms with Gasteiger partial charge in [-0.1, -0.05) is 6.58 Å². The van der Waals surface area contributed by atoms with Gasteiger partial charge in [-0.25, -0.2) is 4.79 Å². The van der Waals surface area contributed by atoms with E-state index in [-0.39, 0.29) is 12.8 Å². The summed E-state index contributed by atoms with van der Waals surface area (Å²) in [6.07, 6.45) is 1.62. The van der Waals surface area contributed by atoms with Gasteiger partial charge in [-0.05, 0) is 0 Å². The zero-order valence-electron chi connectivity index (χ0n) is 9.19. The van der Waals surface area contributed by atoms with Crippen molar-refractivity contribution in [2.75, 3.05) is 27.2 Å². The van der Waals surface area contributed by atoms with Gasteiger partial charge in [0, 0.05) is 26.0 Å². The Morgan fingerprint density at radius 1 is 1.64 bits per heavy atom. The first-order valence-corrected chi connectivity index (χ1v) is 4.70. The molecule has 0 saturated heterocycles. The van der Waals surface area contributed by atoms with Crippen molar-refractivity contribution in [2.45, 2.75) is 19.6 Å². The van der Waals surface area contributed by atoms with Crippen molar-refractivity contribution in [3.8, 4) is 0 Å². The third-order valence-electron chi connectivity index (χ3n) is 2.33. The van der Waals surface area contributed by atoms with E-state index in [1.54, 1.807) is 0 Å². The van der Waals surface area contributed by atoms with Crippen LogP contribution >= 0.6 is 0 Å². The first kappa shape index (κ1) is 13.1. The van der Waals surface area contributed by atoms with Gasteiger partial charge in [0.1, 0.15) is 0 Å². The van der Waals surface area contributed by atoms with Gasteiger partial charge >= 0.3 is 5.97 Å². The number of carbonyl (C=O) groups excluding carboxylic acids is 1. The summed E-state index contributed by atoms with van der Waals surface area (Å²) in [5.41, 5.74) is 0. The topological polar surface area (TPSA) is 46.5 Å². The Labute approximate surface area is 85.4 Å². The Bertz CT molecular complexity index is 202. The average Bonchev–Trinajstić information content (AvgIpc) is 2.14. The Kier molecular flexibility index (Phi) is 5.42. The SMILES string of the molecule is C=CC(=O)OC(C)[N+](C)(C)CCCO. The lowest BCUT2D eigenvalue weighted by molar-refractivity contribution is -0.932. The van der Waals surface area contributed by atoms with Crippen LogP contribution in [0.3, 0.4) is 0 Å². The molecule has 4 heteroatoms. The van der Waals surface area contributed by atoms with Gasteiger partial charge in [0.25, 0.3) is 0 Å². The monoisotopic (exact) mass is 202 g/mol. The van der Waals surface area contributed by atoms with Crippen molar-refractivity contribution in [3.05, 3.63) is 12.7 Å². The van der Waals surface area contributed by atoms with Crippen LogP contribution in [0.2, 0.25) is 0 Å². The largest absolute Gasteiger partial charge is 0.410 e. The molecule has 1 unspecified atom stereocenters. The highest BCUT2D eigenvalue weighted by Crippen LogP contribution is 2.09. The van der Waals surface area contributed by atoms with E-state index in [1.165, 1.54) is 0 Å². The summed E-state index contributed by atoms with van der Waals surface area (Å²) in [5.74, 6) is -0.410. The smallest absolute Gasteiger partial charge is 0.334 e. The second-order valence-electron chi connectivity index (χ2n) is 3.82. The Balaban J connectivity index is 4.12. The van der Waals surface area contributed by atoms with Crippen LogP contribution in [0.4, 0.5) is 0 Å². The third kappa shape index (κ3) is 4.39. The number of esters is 1. The number of aliphatic hydroxyl groups is 1. The molecular weight excluding hydrogens is 182 g/mol. The minimum atomic E-state index is -0.410. The predicted octanol–water partition coefficient (Wildman–Crippen LogP) is 0.520. The number of rotatable bonds is 6. The molecule has 0 spiro atoms. The van der Waals surface area contributed by atoms with Crippen molar-refractivity contribution in [1.82, 2.24) is 0 Å². The van der Waals surface area contributed by atoms with Crippen molar-refractivity contribution >= 4 is 5.97 Å². The molecule has 0 rings (SSSR count). The van der Waals surface area contributed by atoms with E-state index >= 15 is 0 Å². The van der Waals surface area contributed by atoms with E-state index in [2.05, 4.69) is 6.58 Å². The van der Waals surface area contributed by atoms with E-state index in [0.717, 1.165) is 12.6 Å². The highest BCUT2D eigenvalue weighted by molar-refractivity contribution is 5.81. The van der Waals surface area contributed by atoms with Crippen LogP contribution in [0, 0.1) is 0 Å². The Morgan fingerprint density at radius 3 is 2.64 bits per heavy atom. The summed E-state index contributed by atoms with van der Waals surface area (Å²) in [6.45, 7) is 6.09. The van der Waals surface area contributed by atoms with Gasteiger partial charge < -0.3 is 9.84 Å². The van der Waals surface area contributed by atoms with Crippen LogP contribution in [0.5, 0.6) is 0 Å². The molecule has 1 atom stereocenters. The molecule has 0 bridgehead atoms. The highest BCUT2D eigenvalue weighted by atomic mass is 16.6. The second-order valence-corrected chi connectivity index (χ2v) is 3.82. The molecule has 0 aliphatic rings. The molecule has 0 aromatic carbocycles. The first-order valence-electron chi connectivity index (χ1n) is 4.70. The van der Waals surface area contributed by atoms with Crippen molar-refractivity contribution in [3.63, 3.8) is 0 Å². The normalized spacial score (nSPS) is 13.4. The summed E-state index contributed by atoms with van der Waals surface area (Å²) in [6, 6.07) is 0. The second kappa shape index (κ2) is 5.78. The fraction of sp³-hybridized carbons (Fsp3) is 0.700. The van der Waals surface area contributed by atoms with Gasteiger partial charge in [-0.2, -0.15) is 0 Å². The number of ether oxygens (including phenoxy) is 1. The summed E-state index contributed by atoms with van der Waals surface area (Å²) in [7, 11) is 3.91. The number of quaternary nitrogens is 1. The molecule has 82 valence electrons. The van der Waals surface area contributed by atoms with Gasteiger partial charge in [0.05, 0.1) is 20.6 Å². The van der Waals surface area contributed by atoms with E-state index < -0.39 is 5.97 Å². The first-order chi connectivity index (χ1) is 6.44. The molecule has 0 aromatic rings. The molecule has 4 nitrogen and oxygen atoms in total. The molecule has 0 aliphatic heterocycles. The molecule has 0 aromatic heterocycles. The zero-order valence-corrected chi connectivity index (χ0v) is 9.19. The molecule has 0 amide bonds. The van der Waals surface area contributed by atoms with Crippen LogP contribution in [-0.4, -0.2) is 49.0 Å². The van der Waals surface area contributed by atoms with Gasteiger partial charge in [0.15, 0.2) is 0 Å². The Hall–Kier alpha value is -0.870. The summed E-state index contributed by atoms with van der Waals surface area (Å²) < 4.78 is 5.64. The molecule has 0 fully saturated rings. The maximum Gasteiger partial charge on any atom is 0.334 e. The molecule has 1 N–H and O–H groups in total. The molecule has 0 saturated carbocycles. The number of hydrogen-bond donors (Lipinski definition) is 1.